The highest BCUT2D eigenvalue weighted by molar-refractivity contribution is 5.95. The number of hydrogen-bond donors (Lipinski definition) is 3. The highest BCUT2D eigenvalue weighted by Crippen LogP contribution is 2.43. The zero-order chi connectivity index (χ0) is 18.0. The summed E-state index contributed by atoms with van der Waals surface area (Å²) in [6.45, 7) is 1.74. The summed E-state index contributed by atoms with van der Waals surface area (Å²) in [5, 5.41) is 33.9. The van der Waals surface area contributed by atoms with Crippen molar-refractivity contribution in [3.63, 3.8) is 0 Å². The van der Waals surface area contributed by atoms with E-state index in [2.05, 4.69) is 20.6 Å². The Hall–Kier alpha value is -3.56. The molecule has 3 N–H and O–H groups in total. The van der Waals surface area contributed by atoms with Gasteiger partial charge in [0.2, 0.25) is 5.82 Å². The van der Waals surface area contributed by atoms with Gasteiger partial charge in [0.1, 0.15) is 11.4 Å². The Bertz CT molecular complexity index is 886. The quantitative estimate of drug-likeness (QED) is 0.588. The first-order valence-electron chi connectivity index (χ1n) is 7.30. The fourth-order valence-corrected chi connectivity index (χ4v) is 2.39. The molecular formula is C15H15N5O5. The molecule has 130 valence electrons. The Morgan fingerprint density at radius 3 is 2.52 bits per heavy atom. The normalized spacial score (nSPS) is 10.6. The molecule has 0 aliphatic heterocycles. The number of tetrazole rings is 1. The lowest BCUT2D eigenvalue weighted by Gasteiger charge is -2.11. The number of hydrogen-bond acceptors (Lipinski definition) is 8. The maximum atomic E-state index is 12.3. The van der Waals surface area contributed by atoms with Gasteiger partial charge in [-0.15, -0.1) is 10.2 Å². The zero-order valence-electron chi connectivity index (χ0n) is 13.4. The van der Waals surface area contributed by atoms with E-state index in [0.29, 0.717) is 11.4 Å². The van der Waals surface area contributed by atoms with Gasteiger partial charge in [0.05, 0.1) is 13.7 Å². The standard InChI is InChI=1S/C15H15N5O5/c1-3-25-15(23)11-13(22)12(21)10(14-16-18-19-17-14)20(11)8-4-6-9(24-2)7-5-8/h4-7,21-22H,3H2,1-2H3,(H,16,17,18,19). The SMILES string of the molecule is CCOC(=O)c1c(O)c(O)c(-c2nn[nH]n2)n1-c1ccc(OC)cc1. The van der Waals surface area contributed by atoms with E-state index in [1.54, 1.807) is 31.2 Å². The average molecular weight is 345 g/mol. The van der Waals surface area contributed by atoms with Crippen LogP contribution in [0.15, 0.2) is 24.3 Å². The van der Waals surface area contributed by atoms with Gasteiger partial charge in [-0.2, -0.15) is 5.21 Å². The van der Waals surface area contributed by atoms with Crippen molar-refractivity contribution in [2.45, 2.75) is 6.92 Å². The first kappa shape index (κ1) is 16.3. The number of aromatic nitrogens is 5. The van der Waals surface area contributed by atoms with Crippen LogP contribution in [0.5, 0.6) is 17.2 Å². The first-order chi connectivity index (χ1) is 12.1. The predicted octanol–water partition coefficient (Wildman–Crippen LogP) is 1.25. The van der Waals surface area contributed by atoms with Gasteiger partial charge in [0.15, 0.2) is 17.2 Å². The van der Waals surface area contributed by atoms with Crippen LogP contribution in [-0.4, -0.2) is 55.1 Å². The lowest BCUT2D eigenvalue weighted by atomic mass is 10.2. The van der Waals surface area contributed by atoms with E-state index in [0.717, 1.165) is 0 Å². The molecule has 10 nitrogen and oxygen atoms in total. The van der Waals surface area contributed by atoms with Crippen LogP contribution in [0.1, 0.15) is 17.4 Å². The average Bonchev–Trinajstić information content (AvgIpc) is 3.23. The number of nitrogens with one attached hydrogen (secondary N) is 1. The van der Waals surface area contributed by atoms with E-state index < -0.39 is 17.5 Å². The molecule has 3 rings (SSSR count). The molecule has 0 unspecified atom stereocenters. The Morgan fingerprint density at radius 2 is 1.96 bits per heavy atom. The molecule has 0 saturated carbocycles. The van der Waals surface area contributed by atoms with E-state index in [1.165, 1.54) is 11.7 Å². The molecule has 0 radical (unpaired) electrons. The summed E-state index contributed by atoms with van der Waals surface area (Å²) in [4.78, 5) is 12.3. The number of carbonyl (C=O) groups excluding carboxylic acids is 1. The Balaban J connectivity index is 2.28. The summed E-state index contributed by atoms with van der Waals surface area (Å²) in [6, 6.07) is 6.62. The molecule has 0 spiro atoms. The van der Waals surface area contributed by atoms with Gasteiger partial charge in [-0.3, -0.25) is 4.57 Å². The highest BCUT2D eigenvalue weighted by Gasteiger charge is 2.31. The van der Waals surface area contributed by atoms with Gasteiger partial charge in [0, 0.05) is 5.69 Å². The largest absolute Gasteiger partial charge is 0.503 e. The van der Waals surface area contributed by atoms with Crippen LogP contribution < -0.4 is 4.74 Å². The topological polar surface area (TPSA) is 135 Å². The van der Waals surface area contributed by atoms with Crippen molar-refractivity contribution in [3.8, 4) is 34.5 Å². The van der Waals surface area contributed by atoms with E-state index in [4.69, 9.17) is 9.47 Å². The van der Waals surface area contributed by atoms with Crippen molar-refractivity contribution >= 4 is 5.97 Å². The van der Waals surface area contributed by atoms with E-state index in [-0.39, 0.29) is 23.8 Å². The molecule has 0 fully saturated rings. The van der Waals surface area contributed by atoms with Crippen molar-refractivity contribution in [2.75, 3.05) is 13.7 Å². The summed E-state index contributed by atoms with van der Waals surface area (Å²) < 4.78 is 11.4. The number of nitrogens with zero attached hydrogens (tertiary/aromatic N) is 4. The minimum atomic E-state index is -0.805. The number of methoxy groups -OCH3 is 1. The van der Waals surface area contributed by atoms with Gasteiger partial charge < -0.3 is 19.7 Å². The summed E-state index contributed by atoms with van der Waals surface area (Å²) in [6.07, 6.45) is 0. The van der Waals surface area contributed by atoms with Crippen LogP contribution in [-0.2, 0) is 4.74 Å². The van der Waals surface area contributed by atoms with Gasteiger partial charge in [-0.1, -0.05) is 0 Å². The van der Waals surface area contributed by atoms with Crippen molar-refractivity contribution < 1.29 is 24.5 Å². The van der Waals surface area contributed by atoms with Crippen LogP contribution in [0.2, 0.25) is 0 Å². The van der Waals surface area contributed by atoms with E-state index in [1.807, 2.05) is 0 Å². The summed E-state index contributed by atoms with van der Waals surface area (Å²) in [7, 11) is 1.52. The summed E-state index contributed by atoms with van der Waals surface area (Å²) in [5.74, 6) is -1.39. The summed E-state index contributed by atoms with van der Waals surface area (Å²) in [5.41, 5.74) is 0.211. The Labute approximate surface area is 141 Å². The van der Waals surface area contributed by atoms with Crippen LogP contribution in [0.25, 0.3) is 17.2 Å². The van der Waals surface area contributed by atoms with Crippen LogP contribution in [0.3, 0.4) is 0 Å². The molecule has 10 heteroatoms. The van der Waals surface area contributed by atoms with Crippen molar-refractivity contribution in [1.82, 2.24) is 25.2 Å². The van der Waals surface area contributed by atoms with Gasteiger partial charge in [0.25, 0.3) is 0 Å². The second-order valence-electron chi connectivity index (χ2n) is 4.88. The number of ether oxygens (including phenoxy) is 2. The number of aromatic hydroxyl groups is 2. The molecular weight excluding hydrogens is 330 g/mol. The molecule has 0 bridgehead atoms. The molecule has 0 saturated heterocycles. The highest BCUT2D eigenvalue weighted by atomic mass is 16.5. The molecule has 0 atom stereocenters. The number of carbonyl (C=O) groups is 1. The zero-order valence-corrected chi connectivity index (χ0v) is 13.4. The fourth-order valence-electron chi connectivity index (χ4n) is 2.39. The van der Waals surface area contributed by atoms with E-state index >= 15 is 0 Å². The smallest absolute Gasteiger partial charge is 0.359 e. The number of rotatable bonds is 5. The second kappa shape index (κ2) is 6.51. The van der Waals surface area contributed by atoms with Crippen LogP contribution >= 0.6 is 0 Å². The molecule has 2 aromatic heterocycles. The van der Waals surface area contributed by atoms with Gasteiger partial charge >= 0.3 is 5.97 Å². The first-order valence-corrected chi connectivity index (χ1v) is 7.30. The number of aromatic amines is 1. The molecule has 1 aromatic carbocycles. The van der Waals surface area contributed by atoms with Crippen molar-refractivity contribution in [1.29, 1.82) is 0 Å². The molecule has 25 heavy (non-hydrogen) atoms. The number of H-pyrrole nitrogens is 1. The third kappa shape index (κ3) is 2.73. The molecule has 3 aromatic rings. The molecule has 0 aliphatic rings. The second-order valence-corrected chi connectivity index (χ2v) is 4.88. The third-order valence-electron chi connectivity index (χ3n) is 3.48. The summed E-state index contributed by atoms with van der Waals surface area (Å²) >= 11 is 0. The van der Waals surface area contributed by atoms with Crippen LogP contribution in [0.4, 0.5) is 0 Å². The van der Waals surface area contributed by atoms with Crippen LogP contribution in [0, 0.1) is 0 Å². The van der Waals surface area contributed by atoms with E-state index in [9.17, 15) is 15.0 Å². The lowest BCUT2D eigenvalue weighted by Crippen LogP contribution is -2.12. The third-order valence-corrected chi connectivity index (χ3v) is 3.48. The number of esters is 1. The van der Waals surface area contributed by atoms with Gasteiger partial charge in [-0.25, -0.2) is 4.79 Å². The molecule has 2 heterocycles. The fraction of sp³-hybridized carbons (Fsp3) is 0.200. The lowest BCUT2D eigenvalue weighted by molar-refractivity contribution is 0.0513. The van der Waals surface area contributed by atoms with Crippen molar-refractivity contribution in [2.24, 2.45) is 0 Å². The monoisotopic (exact) mass is 345 g/mol. The molecule has 0 aliphatic carbocycles. The maximum absolute atomic E-state index is 12.3. The Kier molecular flexibility index (Phi) is 4.25. The maximum Gasteiger partial charge on any atom is 0.359 e. The van der Waals surface area contributed by atoms with Gasteiger partial charge in [-0.05, 0) is 36.4 Å². The Morgan fingerprint density at radius 1 is 1.24 bits per heavy atom. The van der Waals surface area contributed by atoms with Crippen molar-refractivity contribution in [3.05, 3.63) is 30.0 Å². The number of benzene rings is 1. The predicted molar refractivity (Wildman–Crippen MR) is 84.8 cm³/mol. The minimum Gasteiger partial charge on any atom is -0.503 e. The minimum absolute atomic E-state index is 0.000491. The molecule has 0 amide bonds.